The molecule has 0 aliphatic rings. The maximum atomic E-state index is 4.46. The quantitative estimate of drug-likeness (QED) is 0.165. The number of benzene rings is 3. The molecule has 237 valence electrons. The van der Waals surface area contributed by atoms with Gasteiger partial charge in [-0.2, -0.15) is 5.10 Å². The minimum Gasteiger partial charge on any atom is -0.305 e. The molecule has 0 N–H and O–H groups in total. The number of hydrogen-bond donors (Lipinski definition) is 0. The Kier molecular flexibility index (Phi) is 12.9. The summed E-state index contributed by atoms with van der Waals surface area (Å²) in [6.07, 6.45) is 5.03. The van der Waals surface area contributed by atoms with E-state index in [4.69, 9.17) is 0 Å². The fourth-order valence-corrected chi connectivity index (χ4v) is 4.70. The minimum atomic E-state index is 0. The van der Waals surface area contributed by atoms with Crippen LogP contribution in [0.1, 0.15) is 22.5 Å². The fraction of sp³-hybridized carbons (Fsp3) is 0.105. The van der Waals surface area contributed by atoms with Crippen LogP contribution in [0, 0.1) is 39.8 Å². The van der Waals surface area contributed by atoms with E-state index in [1.54, 1.807) is 17.1 Å². The van der Waals surface area contributed by atoms with E-state index in [1.165, 1.54) is 17.5 Å². The van der Waals surface area contributed by atoms with Gasteiger partial charge < -0.3 is 9.97 Å². The molecule has 0 spiro atoms. The Labute approximate surface area is 297 Å². The van der Waals surface area contributed by atoms with E-state index in [1.807, 2.05) is 105 Å². The first-order valence-corrected chi connectivity index (χ1v) is 15.4. The van der Waals surface area contributed by atoms with Gasteiger partial charge in [-0.1, -0.05) is 66.2 Å². The number of rotatable bonds is 4. The second-order valence-corrected chi connectivity index (χ2v) is 11.4. The molecule has 47 heavy (non-hydrogen) atoms. The molecule has 7 rings (SSSR count). The van der Waals surface area contributed by atoms with Gasteiger partial charge in [0.05, 0.1) is 5.69 Å². The van der Waals surface area contributed by atoms with Crippen LogP contribution in [-0.2, 0) is 20.1 Å². The molecule has 7 nitrogen and oxygen atoms in total. The molecular formula is C38H32BrIrN7-2. The van der Waals surface area contributed by atoms with Gasteiger partial charge in [0, 0.05) is 48.2 Å². The van der Waals surface area contributed by atoms with Gasteiger partial charge in [-0.05, 0) is 55.6 Å². The van der Waals surface area contributed by atoms with Crippen LogP contribution >= 0.6 is 15.9 Å². The third-order valence-electron chi connectivity index (χ3n) is 6.75. The van der Waals surface area contributed by atoms with Crippen molar-refractivity contribution in [2.75, 3.05) is 0 Å². The van der Waals surface area contributed by atoms with Gasteiger partial charge in [-0.3, -0.25) is 0 Å². The van der Waals surface area contributed by atoms with Gasteiger partial charge in [0.25, 0.3) is 0 Å². The first-order chi connectivity index (χ1) is 22.4. The number of hydrogen-bond acceptors (Lipinski definition) is 6. The Morgan fingerprint density at radius 1 is 0.660 bits per heavy atom. The van der Waals surface area contributed by atoms with Crippen LogP contribution in [-0.4, -0.2) is 34.9 Å². The molecule has 3 aromatic carbocycles. The van der Waals surface area contributed by atoms with Crippen LogP contribution in [0.15, 0.2) is 126 Å². The minimum absolute atomic E-state index is 0. The average molecular weight is 859 g/mol. The number of pyridine rings is 2. The smallest absolute Gasteiger partial charge is 0.183 e. The van der Waals surface area contributed by atoms with Crippen molar-refractivity contribution in [2.45, 2.75) is 27.7 Å². The van der Waals surface area contributed by atoms with Gasteiger partial charge in [0.15, 0.2) is 5.82 Å². The summed E-state index contributed by atoms with van der Waals surface area (Å²) >= 11 is 3.43. The predicted octanol–water partition coefficient (Wildman–Crippen LogP) is 8.82. The Hall–Kier alpha value is -4.69. The van der Waals surface area contributed by atoms with Crippen LogP contribution in [0.4, 0.5) is 0 Å². The summed E-state index contributed by atoms with van der Waals surface area (Å²) in [4.78, 5) is 12.8. The third-order valence-corrected chi connectivity index (χ3v) is 7.28. The molecule has 4 heterocycles. The van der Waals surface area contributed by atoms with E-state index < -0.39 is 0 Å². The summed E-state index contributed by atoms with van der Waals surface area (Å²) in [6.45, 7) is 8.06. The van der Waals surface area contributed by atoms with Crippen molar-refractivity contribution in [3.63, 3.8) is 0 Å². The van der Waals surface area contributed by atoms with E-state index in [2.05, 4.69) is 84.3 Å². The number of aryl methyl sites for hydroxylation is 4. The largest absolute Gasteiger partial charge is 0.305 e. The Bertz CT molecular complexity index is 1880. The first kappa shape index (κ1) is 35.2. The molecule has 0 fully saturated rings. The molecule has 4 aromatic heterocycles. The SMILES string of the molecule is Cc1c[c-]c(-c2ccccn2)cc1.Cc1c[c-]c(-c2ccccn2)cc1.Cc1cc(C)n(-c2ncnnc2-c2ccc(Br)cc2)n1.[Ir]. The zero-order chi connectivity index (χ0) is 32.3. The predicted molar refractivity (Wildman–Crippen MR) is 186 cm³/mol. The zero-order valence-electron chi connectivity index (χ0n) is 26.4. The third kappa shape index (κ3) is 9.90. The summed E-state index contributed by atoms with van der Waals surface area (Å²) < 4.78 is 2.81. The van der Waals surface area contributed by atoms with Gasteiger partial charge in [0.1, 0.15) is 12.0 Å². The second kappa shape index (κ2) is 17.3. The Morgan fingerprint density at radius 3 is 1.68 bits per heavy atom. The molecule has 0 saturated carbocycles. The monoisotopic (exact) mass is 858 g/mol. The maximum Gasteiger partial charge on any atom is 0.183 e. The molecule has 0 amide bonds. The molecule has 0 aliphatic heterocycles. The van der Waals surface area contributed by atoms with Gasteiger partial charge in [-0.15, -0.1) is 81.0 Å². The van der Waals surface area contributed by atoms with Gasteiger partial charge >= 0.3 is 0 Å². The number of aromatic nitrogens is 7. The summed E-state index contributed by atoms with van der Waals surface area (Å²) in [5.74, 6) is 0.688. The van der Waals surface area contributed by atoms with Crippen LogP contribution in [0.3, 0.4) is 0 Å². The van der Waals surface area contributed by atoms with E-state index in [9.17, 15) is 0 Å². The average Bonchev–Trinajstić information content (AvgIpc) is 3.44. The van der Waals surface area contributed by atoms with Gasteiger partial charge in [-0.25, -0.2) is 9.67 Å². The molecule has 0 atom stereocenters. The molecule has 0 aliphatic carbocycles. The molecule has 0 bridgehead atoms. The topological polar surface area (TPSA) is 82.3 Å². The van der Waals surface area contributed by atoms with Crippen LogP contribution in [0.25, 0.3) is 39.6 Å². The van der Waals surface area contributed by atoms with Crippen LogP contribution in [0.2, 0.25) is 0 Å². The van der Waals surface area contributed by atoms with Crippen molar-refractivity contribution < 1.29 is 20.1 Å². The maximum absolute atomic E-state index is 4.46. The molecule has 0 saturated heterocycles. The summed E-state index contributed by atoms with van der Waals surface area (Å²) in [6, 6.07) is 40.2. The standard InChI is InChI=1S/C14H12BrN5.2C12H10N.Ir/c1-9-7-10(2)20(19-9)14-13(18-17-8-16-14)11-3-5-12(15)6-4-11;2*1-10-5-7-11(8-6-10)12-4-2-3-9-13-12;/h3-8H,1-2H3;2*2-7,9H,1H3;/q;2*-1;. The van der Waals surface area contributed by atoms with Crippen molar-refractivity contribution in [1.29, 1.82) is 0 Å². The molecule has 9 heteroatoms. The number of halogens is 1. The first-order valence-electron chi connectivity index (χ1n) is 14.6. The Morgan fingerprint density at radius 2 is 1.23 bits per heavy atom. The molecule has 7 aromatic rings. The van der Waals surface area contributed by atoms with E-state index >= 15 is 0 Å². The summed E-state index contributed by atoms with van der Waals surface area (Å²) in [5.41, 5.74) is 10.1. The zero-order valence-corrected chi connectivity index (χ0v) is 30.4. The fourth-order valence-electron chi connectivity index (χ4n) is 4.43. The summed E-state index contributed by atoms with van der Waals surface area (Å²) in [5, 5.41) is 12.6. The molecular weight excluding hydrogens is 827 g/mol. The summed E-state index contributed by atoms with van der Waals surface area (Å²) in [7, 11) is 0. The Balaban J connectivity index is 0.000000164. The second-order valence-electron chi connectivity index (χ2n) is 10.5. The van der Waals surface area contributed by atoms with Gasteiger partial charge in [0.2, 0.25) is 0 Å². The van der Waals surface area contributed by atoms with E-state index in [-0.39, 0.29) is 20.1 Å². The van der Waals surface area contributed by atoms with Crippen molar-refractivity contribution in [1.82, 2.24) is 34.9 Å². The van der Waals surface area contributed by atoms with E-state index in [0.29, 0.717) is 11.5 Å². The van der Waals surface area contributed by atoms with Crippen molar-refractivity contribution in [3.8, 4) is 39.6 Å². The molecule has 0 unspecified atom stereocenters. The van der Waals surface area contributed by atoms with E-state index in [0.717, 1.165) is 43.9 Å². The normalized spacial score (nSPS) is 10.1. The number of nitrogens with zero attached hydrogens (tertiary/aromatic N) is 7. The van der Waals surface area contributed by atoms with Crippen molar-refractivity contribution in [3.05, 3.63) is 161 Å². The van der Waals surface area contributed by atoms with Crippen molar-refractivity contribution >= 4 is 15.9 Å². The van der Waals surface area contributed by atoms with Crippen LogP contribution < -0.4 is 0 Å². The van der Waals surface area contributed by atoms with Crippen molar-refractivity contribution in [2.24, 2.45) is 0 Å². The van der Waals surface area contributed by atoms with Crippen LogP contribution in [0.5, 0.6) is 0 Å². The molecule has 1 radical (unpaired) electrons.